The van der Waals surface area contributed by atoms with E-state index in [1.54, 1.807) is 30.1 Å². The summed E-state index contributed by atoms with van der Waals surface area (Å²) in [6, 6.07) is 5.74. The summed E-state index contributed by atoms with van der Waals surface area (Å²) in [5.41, 5.74) is 0.535. The fourth-order valence-corrected chi connectivity index (χ4v) is 3.43. The summed E-state index contributed by atoms with van der Waals surface area (Å²) in [5.74, 6) is 0.173. The van der Waals surface area contributed by atoms with Crippen molar-refractivity contribution in [1.29, 1.82) is 0 Å². The maximum absolute atomic E-state index is 12.8. The molecule has 2 aliphatic heterocycles. The van der Waals surface area contributed by atoms with Crippen LogP contribution in [0.3, 0.4) is 0 Å². The smallest absolute Gasteiger partial charge is 0.319 e. The van der Waals surface area contributed by atoms with Gasteiger partial charge in [0.1, 0.15) is 0 Å². The predicted molar refractivity (Wildman–Crippen MR) is 82.0 cm³/mol. The summed E-state index contributed by atoms with van der Waals surface area (Å²) in [6.45, 7) is 2.52. The third-order valence-electron chi connectivity index (χ3n) is 4.69. The molecule has 1 atom stereocenters. The SMILES string of the molecule is CN(C)C(=O)N1CCC2(CCN(Cc3ccccn3)C2=O)C1. The Morgan fingerprint density at radius 1 is 1.32 bits per heavy atom. The van der Waals surface area contributed by atoms with Gasteiger partial charge in [-0.25, -0.2) is 4.79 Å². The average molecular weight is 302 g/mol. The number of hydrogen-bond donors (Lipinski definition) is 0. The van der Waals surface area contributed by atoms with Crippen LogP contribution >= 0.6 is 0 Å². The van der Waals surface area contributed by atoms with Crippen molar-refractivity contribution in [3.63, 3.8) is 0 Å². The number of hydrogen-bond acceptors (Lipinski definition) is 3. The van der Waals surface area contributed by atoms with E-state index in [1.807, 2.05) is 23.1 Å². The number of urea groups is 1. The Morgan fingerprint density at radius 3 is 2.77 bits per heavy atom. The minimum atomic E-state index is -0.375. The largest absolute Gasteiger partial charge is 0.336 e. The third-order valence-corrected chi connectivity index (χ3v) is 4.69. The Balaban J connectivity index is 1.68. The molecule has 0 aromatic carbocycles. The van der Waals surface area contributed by atoms with Gasteiger partial charge in [-0.1, -0.05) is 6.07 Å². The van der Waals surface area contributed by atoms with Gasteiger partial charge >= 0.3 is 6.03 Å². The fourth-order valence-electron chi connectivity index (χ4n) is 3.43. The zero-order valence-electron chi connectivity index (χ0n) is 13.2. The Bertz CT molecular complexity index is 575. The van der Waals surface area contributed by atoms with Gasteiger partial charge in [0.05, 0.1) is 17.7 Å². The summed E-state index contributed by atoms with van der Waals surface area (Å²) in [5, 5.41) is 0. The van der Waals surface area contributed by atoms with Crippen molar-refractivity contribution < 1.29 is 9.59 Å². The molecule has 1 aromatic rings. The predicted octanol–water partition coefficient (Wildman–Crippen LogP) is 1.19. The molecule has 22 heavy (non-hydrogen) atoms. The van der Waals surface area contributed by atoms with Crippen molar-refractivity contribution in [3.8, 4) is 0 Å². The van der Waals surface area contributed by atoms with Gasteiger partial charge < -0.3 is 14.7 Å². The van der Waals surface area contributed by atoms with Crippen LogP contribution in [0.25, 0.3) is 0 Å². The lowest BCUT2D eigenvalue weighted by atomic mass is 9.85. The molecular formula is C16H22N4O2. The van der Waals surface area contributed by atoms with Crippen LogP contribution in [0.1, 0.15) is 18.5 Å². The van der Waals surface area contributed by atoms with Crippen LogP contribution in [0.5, 0.6) is 0 Å². The molecule has 2 fully saturated rings. The van der Waals surface area contributed by atoms with Crippen LogP contribution in [0.2, 0.25) is 0 Å². The van der Waals surface area contributed by atoms with Crippen molar-refractivity contribution >= 4 is 11.9 Å². The highest BCUT2D eigenvalue weighted by Gasteiger charge is 2.51. The number of carbonyl (C=O) groups is 2. The molecule has 118 valence electrons. The van der Waals surface area contributed by atoms with Gasteiger partial charge in [0.25, 0.3) is 0 Å². The number of likely N-dealkylation sites (tertiary alicyclic amines) is 2. The molecule has 0 bridgehead atoms. The fraction of sp³-hybridized carbons (Fsp3) is 0.562. The monoisotopic (exact) mass is 302 g/mol. The van der Waals surface area contributed by atoms with E-state index in [1.165, 1.54) is 0 Å². The second-order valence-corrected chi connectivity index (χ2v) is 6.43. The van der Waals surface area contributed by atoms with Crippen LogP contribution in [-0.2, 0) is 11.3 Å². The number of amides is 3. The molecule has 0 aliphatic carbocycles. The molecule has 1 unspecified atom stereocenters. The van der Waals surface area contributed by atoms with Crippen molar-refractivity contribution in [3.05, 3.63) is 30.1 Å². The second-order valence-electron chi connectivity index (χ2n) is 6.43. The molecule has 6 nitrogen and oxygen atoms in total. The number of carbonyl (C=O) groups excluding carboxylic acids is 2. The standard InChI is InChI=1S/C16H22N4O2/c1-18(2)15(22)20-10-7-16(12-20)6-9-19(14(16)21)11-13-5-3-4-8-17-13/h3-5,8H,6-7,9-12H2,1-2H3. The van der Waals surface area contributed by atoms with Crippen LogP contribution in [-0.4, -0.2) is 65.4 Å². The van der Waals surface area contributed by atoms with E-state index in [0.717, 1.165) is 25.1 Å². The summed E-state index contributed by atoms with van der Waals surface area (Å²) >= 11 is 0. The highest BCUT2D eigenvalue weighted by molar-refractivity contribution is 5.87. The number of aromatic nitrogens is 1. The molecule has 0 N–H and O–H groups in total. The quantitative estimate of drug-likeness (QED) is 0.824. The summed E-state index contributed by atoms with van der Waals surface area (Å²) in [7, 11) is 3.49. The van der Waals surface area contributed by atoms with Crippen molar-refractivity contribution in [2.24, 2.45) is 5.41 Å². The third kappa shape index (κ3) is 2.53. The molecule has 1 spiro atoms. The van der Waals surface area contributed by atoms with E-state index < -0.39 is 0 Å². The van der Waals surface area contributed by atoms with E-state index >= 15 is 0 Å². The van der Waals surface area contributed by atoms with Gasteiger partial charge in [0.15, 0.2) is 0 Å². The first-order valence-electron chi connectivity index (χ1n) is 7.67. The lowest BCUT2D eigenvalue weighted by molar-refractivity contribution is -0.136. The zero-order valence-corrected chi connectivity index (χ0v) is 13.2. The van der Waals surface area contributed by atoms with Gasteiger partial charge in [0.2, 0.25) is 5.91 Å². The first kappa shape index (κ1) is 14.8. The maximum Gasteiger partial charge on any atom is 0.319 e. The van der Waals surface area contributed by atoms with Crippen LogP contribution in [0.4, 0.5) is 4.79 Å². The van der Waals surface area contributed by atoms with Gasteiger partial charge in [-0.05, 0) is 25.0 Å². The van der Waals surface area contributed by atoms with Crippen LogP contribution in [0, 0.1) is 5.41 Å². The van der Waals surface area contributed by atoms with E-state index in [4.69, 9.17) is 0 Å². The van der Waals surface area contributed by atoms with E-state index in [-0.39, 0.29) is 17.4 Å². The van der Waals surface area contributed by atoms with Crippen molar-refractivity contribution in [2.45, 2.75) is 19.4 Å². The molecule has 3 amide bonds. The number of pyridine rings is 1. The Kier molecular flexibility index (Phi) is 3.76. The van der Waals surface area contributed by atoms with Crippen LogP contribution in [0.15, 0.2) is 24.4 Å². The van der Waals surface area contributed by atoms with E-state index in [2.05, 4.69) is 4.98 Å². The van der Waals surface area contributed by atoms with Gasteiger partial charge in [-0.3, -0.25) is 9.78 Å². The molecule has 0 radical (unpaired) electrons. The highest BCUT2D eigenvalue weighted by atomic mass is 16.2. The normalized spacial score (nSPS) is 24.4. The molecule has 2 aliphatic rings. The van der Waals surface area contributed by atoms with Crippen molar-refractivity contribution in [1.82, 2.24) is 19.7 Å². The summed E-state index contributed by atoms with van der Waals surface area (Å²) in [6.07, 6.45) is 3.35. The van der Waals surface area contributed by atoms with Gasteiger partial charge in [-0.15, -0.1) is 0 Å². The molecule has 2 saturated heterocycles. The molecule has 3 heterocycles. The van der Waals surface area contributed by atoms with E-state index in [9.17, 15) is 9.59 Å². The molecule has 0 saturated carbocycles. The molecule has 6 heteroatoms. The summed E-state index contributed by atoms with van der Waals surface area (Å²) < 4.78 is 0. The Hall–Kier alpha value is -2.11. The second kappa shape index (κ2) is 5.59. The Morgan fingerprint density at radius 2 is 2.09 bits per heavy atom. The first-order chi connectivity index (χ1) is 10.5. The van der Waals surface area contributed by atoms with Crippen LogP contribution < -0.4 is 0 Å². The van der Waals surface area contributed by atoms with Crippen molar-refractivity contribution in [2.75, 3.05) is 33.7 Å². The van der Waals surface area contributed by atoms with E-state index in [0.29, 0.717) is 19.6 Å². The molecule has 1 aromatic heterocycles. The number of nitrogens with zero attached hydrogens (tertiary/aromatic N) is 4. The highest BCUT2D eigenvalue weighted by Crippen LogP contribution is 2.41. The average Bonchev–Trinajstić information content (AvgIpc) is 3.08. The van der Waals surface area contributed by atoms with Gasteiger partial charge in [-0.2, -0.15) is 0 Å². The minimum absolute atomic E-state index is 0.00662. The number of rotatable bonds is 2. The minimum Gasteiger partial charge on any atom is -0.336 e. The maximum atomic E-state index is 12.8. The lowest BCUT2D eigenvalue weighted by Crippen LogP contribution is -2.41. The lowest BCUT2D eigenvalue weighted by Gasteiger charge is -2.25. The Labute approximate surface area is 130 Å². The molecule has 3 rings (SSSR count). The van der Waals surface area contributed by atoms with Gasteiger partial charge in [0, 0.05) is 39.9 Å². The molecular weight excluding hydrogens is 280 g/mol. The topological polar surface area (TPSA) is 56.8 Å². The zero-order chi connectivity index (χ0) is 15.7. The first-order valence-corrected chi connectivity index (χ1v) is 7.67. The summed E-state index contributed by atoms with van der Waals surface area (Å²) in [4.78, 5) is 34.4.